The monoisotopic (exact) mass is 288 g/mol. The quantitative estimate of drug-likeness (QED) is 0.906. The zero-order valence-electron chi connectivity index (χ0n) is 13.1. The number of rotatable bonds is 4. The maximum atomic E-state index is 11.3. The van der Waals surface area contributed by atoms with Crippen molar-refractivity contribution in [3.63, 3.8) is 0 Å². The van der Waals surface area contributed by atoms with Crippen molar-refractivity contribution in [3.05, 3.63) is 35.4 Å². The molecule has 0 aliphatic heterocycles. The first-order valence-corrected chi connectivity index (χ1v) is 7.79. The Morgan fingerprint density at radius 2 is 2.05 bits per heavy atom. The molecule has 2 fully saturated rings. The Bertz CT molecular complexity index is 563. The van der Waals surface area contributed by atoms with Gasteiger partial charge in [0, 0.05) is 0 Å². The molecule has 1 N–H and O–H groups in total. The van der Waals surface area contributed by atoms with Crippen LogP contribution in [0.5, 0.6) is 0 Å². The molecule has 0 aromatic heterocycles. The maximum Gasteiger partial charge on any atom is 0.336 e. The zero-order chi connectivity index (χ0) is 15.3. The van der Waals surface area contributed by atoms with Crippen molar-refractivity contribution in [3.8, 4) is 0 Å². The molecule has 1 aromatic carbocycles. The number of benzene rings is 1. The second-order valence-corrected chi connectivity index (χ2v) is 7.37. The molecule has 21 heavy (non-hydrogen) atoms. The standard InChI is InChI=1S/C18H24O3/c1-17(2)13-8-9-18(17,3)15(10-13)21-11-12-6-4-5-7-14(12)16(19)20/h4-7,13,15H,8-11H2,1-3H3,(H,19,20). The highest BCUT2D eigenvalue weighted by Crippen LogP contribution is 2.66. The average Bonchev–Trinajstić information content (AvgIpc) is 2.78. The highest BCUT2D eigenvalue weighted by molar-refractivity contribution is 5.89. The Morgan fingerprint density at radius 1 is 1.33 bits per heavy atom. The van der Waals surface area contributed by atoms with Crippen molar-refractivity contribution in [1.29, 1.82) is 0 Å². The van der Waals surface area contributed by atoms with Crippen LogP contribution in [0.1, 0.15) is 56.0 Å². The minimum absolute atomic E-state index is 0.218. The van der Waals surface area contributed by atoms with E-state index in [4.69, 9.17) is 4.74 Å². The molecular weight excluding hydrogens is 264 g/mol. The van der Waals surface area contributed by atoms with Gasteiger partial charge in [-0.3, -0.25) is 0 Å². The fourth-order valence-corrected chi connectivity index (χ4v) is 4.43. The highest BCUT2D eigenvalue weighted by atomic mass is 16.5. The second-order valence-electron chi connectivity index (χ2n) is 7.37. The molecule has 2 aliphatic rings. The summed E-state index contributed by atoms with van der Waals surface area (Å²) in [5.41, 5.74) is 1.67. The largest absolute Gasteiger partial charge is 0.478 e. The number of carbonyl (C=O) groups is 1. The molecular formula is C18H24O3. The van der Waals surface area contributed by atoms with Gasteiger partial charge in [-0.05, 0) is 47.6 Å². The molecule has 0 saturated heterocycles. The Kier molecular flexibility index (Phi) is 3.36. The summed E-state index contributed by atoms with van der Waals surface area (Å²) < 4.78 is 6.19. The van der Waals surface area contributed by atoms with E-state index < -0.39 is 5.97 Å². The topological polar surface area (TPSA) is 46.5 Å². The fraction of sp³-hybridized carbons (Fsp3) is 0.611. The van der Waals surface area contributed by atoms with Crippen LogP contribution in [0.15, 0.2) is 24.3 Å². The van der Waals surface area contributed by atoms with Crippen LogP contribution in [0.4, 0.5) is 0 Å². The summed E-state index contributed by atoms with van der Waals surface area (Å²) in [5.74, 6) is -0.143. The predicted octanol–water partition coefficient (Wildman–Crippen LogP) is 4.12. The minimum Gasteiger partial charge on any atom is -0.478 e. The third-order valence-electron chi connectivity index (χ3n) is 6.40. The Hall–Kier alpha value is -1.35. The third-order valence-corrected chi connectivity index (χ3v) is 6.40. The average molecular weight is 288 g/mol. The number of carboxylic acids is 1. The Balaban J connectivity index is 1.74. The van der Waals surface area contributed by atoms with E-state index in [-0.39, 0.29) is 11.5 Å². The van der Waals surface area contributed by atoms with Gasteiger partial charge < -0.3 is 9.84 Å². The maximum absolute atomic E-state index is 11.3. The summed E-state index contributed by atoms with van der Waals surface area (Å²) in [5, 5.41) is 9.24. The number of carboxylic acid groups (broad SMARTS) is 1. The first-order chi connectivity index (χ1) is 9.86. The van der Waals surface area contributed by atoms with Gasteiger partial charge in [0.25, 0.3) is 0 Å². The SMILES string of the molecule is CC1(C)C2CCC1(C)C(OCc1ccccc1C(=O)O)C2. The Morgan fingerprint density at radius 3 is 2.62 bits per heavy atom. The van der Waals surface area contributed by atoms with Crippen LogP contribution in [-0.2, 0) is 11.3 Å². The van der Waals surface area contributed by atoms with Gasteiger partial charge >= 0.3 is 5.97 Å². The van der Waals surface area contributed by atoms with E-state index in [1.54, 1.807) is 12.1 Å². The summed E-state index contributed by atoms with van der Waals surface area (Å²) in [7, 11) is 0. The number of ether oxygens (including phenoxy) is 1. The molecule has 2 aliphatic carbocycles. The van der Waals surface area contributed by atoms with E-state index in [0.717, 1.165) is 17.9 Å². The van der Waals surface area contributed by atoms with E-state index in [9.17, 15) is 9.90 Å². The number of hydrogen-bond acceptors (Lipinski definition) is 2. The molecule has 2 saturated carbocycles. The molecule has 2 bridgehead atoms. The lowest BCUT2D eigenvalue weighted by molar-refractivity contribution is -0.0552. The van der Waals surface area contributed by atoms with Gasteiger partial charge in [-0.2, -0.15) is 0 Å². The van der Waals surface area contributed by atoms with Crippen LogP contribution in [-0.4, -0.2) is 17.2 Å². The summed E-state index contributed by atoms with van der Waals surface area (Å²) in [6.07, 6.45) is 3.87. The van der Waals surface area contributed by atoms with E-state index in [2.05, 4.69) is 20.8 Å². The molecule has 1 aromatic rings. The van der Waals surface area contributed by atoms with Gasteiger partial charge in [0.2, 0.25) is 0 Å². The molecule has 0 amide bonds. The first-order valence-electron chi connectivity index (χ1n) is 7.79. The minimum atomic E-state index is -0.881. The van der Waals surface area contributed by atoms with Crippen molar-refractivity contribution in [2.75, 3.05) is 0 Å². The van der Waals surface area contributed by atoms with Crippen molar-refractivity contribution in [2.24, 2.45) is 16.7 Å². The molecule has 3 heteroatoms. The number of aromatic carboxylic acids is 1. The van der Waals surface area contributed by atoms with Crippen molar-refractivity contribution in [2.45, 2.75) is 52.7 Å². The van der Waals surface area contributed by atoms with Crippen LogP contribution in [0.3, 0.4) is 0 Å². The predicted molar refractivity (Wildman–Crippen MR) is 81.2 cm³/mol. The van der Waals surface area contributed by atoms with E-state index in [0.29, 0.717) is 17.6 Å². The molecule has 3 rings (SSSR count). The fourth-order valence-electron chi connectivity index (χ4n) is 4.43. The van der Waals surface area contributed by atoms with Gasteiger partial charge in [-0.25, -0.2) is 4.79 Å². The van der Waals surface area contributed by atoms with E-state index in [1.165, 1.54) is 12.8 Å². The smallest absolute Gasteiger partial charge is 0.336 e. The normalized spacial score (nSPS) is 33.3. The van der Waals surface area contributed by atoms with Crippen LogP contribution in [0.25, 0.3) is 0 Å². The lowest BCUT2D eigenvalue weighted by Gasteiger charge is -2.39. The summed E-state index contributed by atoms with van der Waals surface area (Å²) in [6.45, 7) is 7.46. The summed E-state index contributed by atoms with van der Waals surface area (Å²) >= 11 is 0. The first kappa shape index (κ1) is 14.6. The van der Waals surface area contributed by atoms with E-state index in [1.807, 2.05) is 12.1 Å². The molecule has 3 nitrogen and oxygen atoms in total. The summed E-state index contributed by atoms with van der Waals surface area (Å²) in [4.78, 5) is 11.3. The van der Waals surface area contributed by atoms with Gasteiger partial charge in [0.05, 0.1) is 18.3 Å². The highest BCUT2D eigenvalue weighted by Gasteiger charge is 2.61. The van der Waals surface area contributed by atoms with Crippen LogP contribution < -0.4 is 0 Å². The van der Waals surface area contributed by atoms with Gasteiger partial charge in [0.1, 0.15) is 0 Å². The number of hydrogen-bond donors (Lipinski definition) is 1. The molecule has 3 atom stereocenters. The molecule has 3 unspecified atom stereocenters. The van der Waals surface area contributed by atoms with E-state index >= 15 is 0 Å². The summed E-state index contributed by atoms with van der Waals surface area (Å²) in [6, 6.07) is 7.13. The molecule has 0 heterocycles. The van der Waals surface area contributed by atoms with Crippen molar-refractivity contribution < 1.29 is 14.6 Å². The van der Waals surface area contributed by atoms with Crippen LogP contribution in [0, 0.1) is 16.7 Å². The van der Waals surface area contributed by atoms with Crippen molar-refractivity contribution in [1.82, 2.24) is 0 Å². The van der Waals surface area contributed by atoms with Gasteiger partial charge in [-0.1, -0.05) is 39.0 Å². The lowest BCUT2D eigenvalue weighted by Crippen LogP contribution is -2.37. The third kappa shape index (κ3) is 2.10. The van der Waals surface area contributed by atoms with Crippen LogP contribution >= 0.6 is 0 Å². The zero-order valence-corrected chi connectivity index (χ0v) is 13.1. The lowest BCUT2D eigenvalue weighted by atomic mass is 9.70. The van der Waals surface area contributed by atoms with Crippen molar-refractivity contribution >= 4 is 5.97 Å². The second kappa shape index (κ2) is 4.84. The molecule has 0 spiro atoms. The van der Waals surface area contributed by atoms with Gasteiger partial charge in [0.15, 0.2) is 0 Å². The number of fused-ring (bicyclic) bond motifs is 2. The molecule has 114 valence electrons. The van der Waals surface area contributed by atoms with Gasteiger partial charge in [-0.15, -0.1) is 0 Å². The Labute approximate surface area is 126 Å². The van der Waals surface area contributed by atoms with Crippen LogP contribution in [0.2, 0.25) is 0 Å². The molecule has 0 radical (unpaired) electrons.